The SMILES string of the molecule is C[C@H](N)C(=O)N(CC(=O)O)C1CC2CCC1C2. The van der Waals surface area contributed by atoms with Crippen LogP contribution in [0.3, 0.4) is 0 Å². The van der Waals surface area contributed by atoms with Crippen LogP contribution in [0.4, 0.5) is 0 Å². The number of nitrogens with zero attached hydrogens (tertiary/aromatic N) is 1. The molecule has 4 atom stereocenters. The summed E-state index contributed by atoms with van der Waals surface area (Å²) >= 11 is 0. The Bertz CT molecular complexity index is 330. The van der Waals surface area contributed by atoms with Gasteiger partial charge >= 0.3 is 5.97 Å². The second kappa shape index (κ2) is 4.64. The Hall–Kier alpha value is -1.10. The number of aliphatic carboxylic acids is 1. The minimum Gasteiger partial charge on any atom is -0.480 e. The minimum atomic E-state index is -0.957. The highest BCUT2D eigenvalue weighted by Crippen LogP contribution is 2.46. The molecule has 0 aliphatic heterocycles. The van der Waals surface area contributed by atoms with Crippen LogP contribution >= 0.6 is 0 Å². The normalized spacial score (nSPS) is 32.5. The van der Waals surface area contributed by atoms with Crippen LogP contribution in [0, 0.1) is 11.8 Å². The fourth-order valence-electron chi connectivity index (χ4n) is 3.36. The van der Waals surface area contributed by atoms with Gasteiger partial charge in [0.1, 0.15) is 6.54 Å². The predicted molar refractivity (Wildman–Crippen MR) is 62.2 cm³/mol. The summed E-state index contributed by atoms with van der Waals surface area (Å²) < 4.78 is 0. The number of amides is 1. The van der Waals surface area contributed by atoms with Crippen LogP contribution in [0.1, 0.15) is 32.6 Å². The van der Waals surface area contributed by atoms with Crippen molar-refractivity contribution in [3.8, 4) is 0 Å². The van der Waals surface area contributed by atoms with E-state index >= 15 is 0 Å². The van der Waals surface area contributed by atoms with E-state index in [9.17, 15) is 9.59 Å². The van der Waals surface area contributed by atoms with Crippen LogP contribution in [-0.2, 0) is 9.59 Å². The molecular weight excluding hydrogens is 220 g/mol. The number of rotatable bonds is 4. The maximum Gasteiger partial charge on any atom is 0.323 e. The number of hydrogen-bond acceptors (Lipinski definition) is 3. The Morgan fingerprint density at radius 1 is 1.41 bits per heavy atom. The molecule has 2 aliphatic rings. The first-order chi connectivity index (χ1) is 7.99. The van der Waals surface area contributed by atoms with Crippen molar-refractivity contribution in [2.24, 2.45) is 17.6 Å². The molecule has 0 radical (unpaired) electrons. The lowest BCUT2D eigenvalue weighted by Crippen LogP contribution is -2.51. The van der Waals surface area contributed by atoms with Gasteiger partial charge in [-0.25, -0.2) is 0 Å². The number of carbonyl (C=O) groups is 2. The monoisotopic (exact) mass is 240 g/mol. The molecule has 0 aromatic heterocycles. The van der Waals surface area contributed by atoms with Gasteiger partial charge in [0.15, 0.2) is 0 Å². The molecule has 0 spiro atoms. The highest BCUT2D eigenvalue weighted by atomic mass is 16.4. The first-order valence-corrected chi connectivity index (χ1v) is 6.27. The van der Waals surface area contributed by atoms with E-state index < -0.39 is 12.0 Å². The van der Waals surface area contributed by atoms with Crippen molar-refractivity contribution in [3.63, 3.8) is 0 Å². The molecule has 2 bridgehead atoms. The maximum absolute atomic E-state index is 12.0. The highest BCUT2D eigenvalue weighted by molar-refractivity contribution is 5.85. The van der Waals surface area contributed by atoms with Crippen LogP contribution in [0.25, 0.3) is 0 Å². The zero-order valence-electron chi connectivity index (χ0n) is 10.1. The summed E-state index contributed by atoms with van der Waals surface area (Å²) in [6, 6.07) is -0.517. The number of fused-ring (bicyclic) bond motifs is 2. The Morgan fingerprint density at radius 3 is 2.53 bits per heavy atom. The zero-order valence-corrected chi connectivity index (χ0v) is 10.1. The predicted octanol–water partition coefficient (Wildman–Crippen LogP) is 0.435. The van der Waals surface area contributed by atoms with Crippen molar-refractivity contribution in [2.75, 3.05) is 6.54 Å². The van der Waals surface area contributed by atoms with E-state index in [1.807, 2.05) is 0 Å². The molecular formula is C12H20N2O3. The standard InChI is InChI=1S/C12H20N2O3/c1-7(13)12(17)14(6-11(15)16)10-5-8-2-3-9(10)4-8/h7-10H,2-6,13H2,1H3,(H,15,16)/t7-,8?,9?,10?/m0/s1. The van der Waals surface area contributed by atoms with E-state index in [0.717, 1.165) is 19.3 Å². The summed E-state index contributed by atoms with van der Waals surface area (Å²) in [6.07, 6.45) is 4.45. The molecule has 2 saturated carbocycles. The van der Waals surface area contributed by atoms with Gasteiger partial charge in [0, 0.05) is 6.04 Å². The third kappa shape index (κ3) is 2.44. The van der Waals surface area contributed by atoms with E-state index in [0.29, 0.717) is 11.8 Å². The molecule has 0 saturated heterocycles. The summed E-state index contributed by atoms with van der Waals surface area (Å²) in [6.45, 7) is 1.40. The molecule has 3 N–H and O–H groups in total. The summed E-state index contributed by atoms with van der Waals surface area (Å²) in [5, 5.41) is 8.91. The number of nitrogens with two attached hydrogens (primary N) is 1. The van der Waals surface area contributed by atoms with Gasteiger partial charge < -0.3 is 15.7 Å². The van der Waals surface area contributed by atoms with Crippen LogP contribution in [0.2, 0.25) is 0 Å². The summed E-state index contributed by atoms with van der Waals surface area (Å²) in [5.74, 6) is -0.0176. The quantitative estimate of drug-likeness (QED) is 0.746. The second-order valence-electron chi connectivity index (χ2n) is 5.39. The van der Waals surface area contributed by atoms with E-state index in [2.05, 4.69) is 0 Å². The lowest BCUT2D eigenvalue weighted by Gasteiger charge is -2.34. The summed E-state index contributed by atoms with van der Waals surface area (Å²) in [4.78, 5) is 24.3. The van der Waals surface area contributed by atoms with Crippen LogP contribution in [0.15, 0.2) is 0 Å². The molecule has 2 fully saturated rings. The molecule has 0 aromatic carbocycles. The van der Waals surface area contributed by atoms with Crippen molar-refractivity contribution in [3.05, 3.63) is 0 Å². The van der Waals surface area contributed by atoms with Crippen molar-refractivity contribution >= 4 is 11.9 Å². The van der Waals surface area contributed by atoms with E-state index in [-0.39, 0.29) is 18.5 Å². The number of carbonyl (C=O) groups excluding carboxylic acids is 1. The van der Waals surface area contributed by atoms with Crippen LogP contribution < -0.4 is 5.73 Å². The first kappa shape index (κ1) is 12.4. The topological polar surface area (TPSA) is 83.6 Å². The third-order valence-electron chi connectivity index (χ3n) is 4.08. The Balaban J connectivity index is 2.10. The van der Waals surface area contributed by atoms with Gasteiger partial charge in [0.2, 0.25) is 5.91 Å². The van der Waals surface area contributed by atoms with Crippen molar-refractivity contribution in [2.45, 2.75) is 44.7 Å². The van der Waals surface area contributed by atoms with Crippen molar-refractivity contribution in [1.82, 2.24) is 4.90 Å². The molecule has 5 heteroatoms. The molecule has 3 unspecified atom stereocenters. The van der Waals surface area contributed by atoms with Crippen LogP contribution in [-0.4, -0.2) is 40.5 Å². The Kier molecular flexibility index (Phi) is 3.38. The smallest absolute Gasteiger partial charge is 0.323 e. The molecule has 5 nitrogen and oxygen atoms in total. The van der Waals surface area contributed by atoms with Crippen molar-refractivity contribution < 1.29 is 14.7 Å². The maximum atomic E-state index is 12.0. The average Bonchev–Trinajstić information content (AvgIpc) is 2.85. The third-order valence-corrected chi connectivity index (χ3v) is 4.08. The van der Waals surface area contributed by atoms with Gasteiger partial charge in [-0.05, 0) is 38.0 Å². The molecule has 17 heavy (non-hydrogen) atoms. The number of carboxylic acid groups (broad SMARTS) is 1. The van der Waals surface area contributed by atoms with Gasteiger partial charge in [-0.1, -0.05) is 6.42 Å². The van der Waals surface area contributed by atoms with Gasteiger partial charge in [0.05, 0.1) is 6.04 Å². The fourth-order valence-corrected chi connectivity index (χ4v) is 3.36. The summed E-state index contributed by atoms with van der Waals surface area (Å²) in [5.41, 5.74) is 5.59. The Morgan fingerprint density at radius 2 is 2.12 bits per heavy atom. The number of hydrogen-bond donors (Lipinski definition) is 2. The number of carboxylic acids is 1. The van der Waals surface area contributed by atoms with Crippen molar-refractivity contribution in [1.29, 1.82) is 0 Å². The Labute approximate surface area is 101 Å². The second-order valence-corrected chi connectivity index (χ2v) is 5.39. The fraction of sp³-hybridized carbons (Fsp3) is 0.833. The molecule has 96 valence electrons. The minimum absolute atomic E-state index is 0.100. The van der Waals surface area contributed by atoms with E-state index in [1.54, 1.807) is 6.92 Å². The van der Waals surface area contributed by atoms with E-state index in [1.165, 1.54) is 11.3 Å². The average molecular weight is 240 g/mol. The molecule has 0 aromatic rings. The highest BCUT2D eigenvalue weighted by Gasteiger charge is 2.44. The molecule has 2 aliphatic carbocycles. The summed E-state index contributed by atoms with van der Waals surface area (Å²) in [7, 11) is 0. The first-order valence-electron chi connectivity index (χ1n) is 6.27. The van der Waals surface area contributed by atoms with Gasteiger partial charge in [-0.15, -0.1) is 0 Å². The molecule has 2 rings (SSSR count). The van der Waals surface area contributed by atoms with Gasteiger partial charge in [-0.3, -0.25) is 9.59 Å². The molecule has 0 heterocycles. The lowest BCUT2D eigenvalue weighted by atomic mass is 9.93. The van der Waals surface area contributed by atoms with Crippen LogP contribution in [0.5, 0.6) is 0 Å². The van der Waals surface area contributed by atoms with Gasteiger partial charge in [0.25, 0.3) is 0 Å². The van der Waals surface area contributed by atoms with E-state index in [4.69, 9.17) is 10.8 Å². The zero-order chi connectivity index (χ0) is 12.6. The van der Waals surface area contributed by atoms with Gasteiger partial charge in [-0.2, -0.15) is 0 Å². The lowest BCUT2D eigenvalue weighted by molar-refractivity contribution is -0.147. The largest absolute Gasteiger partial charge is 0.480 e. The molecule has 1 amide bonds.